The van der Waals surface area contributed by atoms with Crippen LogP contribution in [0.25, 0.3) is 0 Å². The van der Waals surface area contributed by atoms with Crippen molar-refractivity contribution in [3.05, 3.63) is 22.2 Å². The molecule has 100 valence electrons. The van der Waals surface area contributed by atoms with Gasteiger partial charge >= 0.3 is 5.97 Å². The molecule has 1 aromatic carbocycles. The molecule has 0 saturated carbocycles. The summed E-state index contributed by atoms with van der Waals surface area (Å²) in [4.78, 5) is 11.5. The Morgan fingerprint density at radius 1 is 1.56 bits per heavy atom. The smallest absolute Gasteiger partial charge is 0.339 e. The normalized spacial score (nSPS) is 12.1. The minimum Gasteiger partial charge on any atom is -0.504 e. The zero-order valence-corrected chi connectivity index (χ0v) is 11.1. The van der Waals surface area contributed by atoms with Crippen LogP contribution in [0.1, 0.15) is 24.2 Å². The van der Waals surface area contributed by atoms with Gasteiger partial charge in [0.2, 0.25) is 0 Å². The topological polar surface area (TPSA) is 76.0 Å². The van der Waals surface area contributed by atoms with Crippen molar-refractivity contribution in [1.82, 2.24) is 0 Å². The molecule has 2 N–H and O–H groups in total. The molecular formula is C12H15ClO5. The van der Waals surface area contributed by atoms with E-state index in [1.165, 1.54) is 13.2 Å². The Bertz CT molecular complexity index is 458. The fourth-order valence-electron chi connectivity index (χ4n) is 1.52. The third kappa shape index (κ3) is 2.68. The lowest BCUT2D eigenvalue weighted by molar-refractivity contribution is -0.153. The number of halogens is 1. The molecule has 1 atom stereocenters. The molecule has 0 aliphatic heterocycles. The van der Waals surface area contributed by atoms with E-state index in [0.29, 0.717) is 5.56 Å². The Morgan fingerprint density at radius 3 is 2.67 bits per heavy atom. The number of aryl methyl sites for hydroxylation is 1. The van der Waals surface area contributed by atoms with Gasteiger partial charge in [-0.25, -0.2) is 4.79 Å². The number of aliphatic hydroxyl groups excluding tert-OH is 1. The zero-order valence-electron chi connectivity index (χ0n) is 10.4. The number of hydrogen-bond acceptors (Lipinski definition) is 5. The lowest BCUT2D eigenvalue weighted by Gasteiger charge is -2.16. The van der Waals surface area contributed by atoms with Crippen LogP contribution in [0.4, 0.5) is 0 Å². The molecule has 0 aliphatic rings. The number of aromatic hydroxyl groups is 1. The lowest BCUT2D eigenvalue weighted by Crippen LogP contribution is -2.16. The summed E-state index contributed by atoms with van der Waals surface area (Å²) < 4.78 is 9.62. The van der Waals surface area contributed by atoms with Crippen molar-refractivity contribution >= 4 is 17.6 Å². The van der Waals surface area contributed by atoms with Crippen LogP contribution in [0, 0.1) is 6.92 Å². The van der Waals surface area contributed by atoms with Crippen LogP contribution in [0.2, 0.25) is 5.02 Å². The lowest BCUT2D eigenvalue weighted by atomic mass is 10.0. The second-order valence-corrected chi connectivity index (χ2v) is 4.00. The molecule has 5 nitrogen and oxygen atoms in total. The summed E-state index contributed by atoms with van der Waals surface area (Å²) in [5.74, 6) is -1.11. The number of phenolic OH excluding ortho intramolecular Hbond substituents is 1. The first-order valence-corrected chi connectivity index (χ1v) is 5.72. The Kier molecular flexibility index (Phi) is 4.81. The van der Waals surface area contributed by atoms with E-state index in [9.17, 15) is 15.0 Å². The molecule has 0 spiro atoms. The average Bonchev–Trinajstić information content (AvgIpc) is 2.34. The molecule has 0 heterocycles. The first kappa shape index (κ1) is 14.6. The van der Waals surface area contributed by atoms with Gasteiger partial charge in [0.05, 0.1) is 24.3 Å². The molecule has 1 aromatic rings. The average molecular weight is 275 g/mol. The number of rotatable bonds is 4. The SMILES string of the molecule is CCOC(=O)C(O)c1c(O)c(OC)cc(C)c1Cl. The van der Waals surface area contributed by atoms with Gasteiger partial charge in [0, 0.05) is 0 Å². The van der Waals surface area contributed by atoms with Crippen LogP contribution in [0.5, 0.6) is 11.5 Å². The summed E-state index contributed by atoms with van der Waals surface area (Å²) in [6.07, 6.45) is -1.65. The van der Waals surface area contributed by atoms with Gasteiger partial charge in [-0.3, -0.25) is 0 Å². The van der Waals surface area contributed by atoms with Crippen LogP contribution < -0.4 is 4.74 Å². The number of carbonyl (C=O) groups is 1. The maximum absolute atomic E-state index is 11.5. The van der Waals surface area contributed by atoms with E-state index < -0.39 is 12.1 Å². The van der Waals surface area contributed by atoms with Crippen molar-refractivity contribution in [3.63, 3.8) is 0 Å². The number of esters is 1. The summed E-state index contributed by atoms with van der Waals surface area (Å²) in [6, 6.07) is 1.51. The molecule has 0 aliphatic carbocycles. The third-order valence-electron chi connectivity index (χ3n) is 2.42. The fourth-order valence-corrected chi connectivity index (χ4v) is 1.77. The molecule has 1 unspecified atom stereocenters. The molecule has 0 amide bonds. The zero-order chi connectivity index (χ0) is 13.9. The number of ether oxygens (including phenoxy) is 2. The maximum Gasteiger partial charge on any atom is 0.339 e. The Hall–Kier alpha value is -1.46. The standard InChI is InChI=1S/C12H15ClO5/c1-4-18-12(16)11(15)8-9(13)6(2)5-7(17-3)10(8)14/h5,11,14-15H,4H2,1-3H3. The van der Waals surface area contributed by atoms with Crippen molar-refractivity contribution in [1.29, 1.82) is 0 Å². The molecule has 0 bridgehead atoms. The van der Waals surface area contributed by atoms with Gasteiger partial charge in [-0.15, -0.1) is 0 Å². The quantitative estimate of drug-likeness (QED) is 0.821. The second-order valence-electron chi connectivity index (χ2n) is 3.63. The van der Waals surface area contributed by atoms with Crippen molar-refractivity contribution < 1.29 is 24.5 Å². The van der Waals surface area contributed by atoms with E-state index in [-0.39, 0.29) is 28.7 Å². The highest BCUT2D eigenvalue weighted by Gasteiger charge is 2.28. The minimum atomic E-state index is -1.65. The monoisotopic (exact) mass is 274 g/mol. The van der Waals surface area contributed by atoms with Crippen LogP contribution >= 0.6 is 11.6 Å². The Labute approximate surface area is 110 Å². The number of methoxy groups -OCH3 is 1. The van der Waals surface area contributed by atoms with E-state index in [2.05, 4.69) is 4.74 Å². The summed E-state index contributed by atoms with van der Waals surface area (Å²) in [6.45, 7) is 3.41. The first-order chi connectivity index (χ1) is 8.43. The van der Waals surface area contributed by atoms with Gasteiger partial charge < -0.3 is 19.7 Å². The predicted molar refractivity (Wildman–Crippen MR) is 66.0 cm³/mol. The van der Waals surface area contributed by atoms with Gasteiger partial charge in [0.1, 0.15) is 0 Å². The van der Waals surface area contributed by atoms with Crippen molar-refractivity contribution in [3.8, 4) is 11.5 Å². The van der Waals surface area contributed by atoms with E-state index in [1.807, 2.05) is 0 Å². The number of phenols is 1. The number of carbonyl (C=O) groups excluding carboxylic acids is 1. The van der Waals surface area contributed by atoms with Crippen molar-refractivity contribution in [2.45, 2.75) is 20.0 Å². The Balaban J connectivity index is 3.30. The summed E-state index contributed by atoms with van der Waals surface area (Å²) in [5, 5.41) is 19.9. The molecule has 18 heavy (non-hydrogen) atoms. The van der Waals surface area contributed by atoms with Gasteiger partial charge in [-0.2, -0.15) is 0 Å². The molecule has 0 aromatic heterocycles. The summed E-state index contributed by atoms with van der Waals surface area (Å²) >= 11 is 5.98. The van der Waals surface area contributed by atoms with Gasteiger partial charge in [-0.1, -0.05) is 11.6 Å². The summed E-state index contributed by atoms with van der Waals surface area (Å²) in [5.41, 5.74) is 0.469. The number of benzene rings is 1. The van der Waals surface area contributed by atoms with E-state index >= 15 is 0 Å². The highest BCUT2D eigenvalue weighted by molar-refractivity contribution is 6.32. The third-order valence-corrected chi connectivity index (χ3v) is 2.92. The van der Waals surface area contributed by atoms with Crippen molar-refractivity contribution in [2.75, 3.05) is 13.7 Å². The van der Waals surface area contributed by atoms with Crippen LogP contribution in [0.3, 0.4) is 0 Å². The van der Waals surface area contributed by atoms with Gasteiger partial charge in [-0.05, 0) is 25.5 Å². The van der Waals surface area contributed by atoms with Crippen LogP contribution in [0.15, 0.2) is 6.07 Å². The van der Waals surface area contributed by atoms with Crippen molar-refractivity contribution in [2.24, 2.45) is 0 Å². The number of aliphatic hydroxyl groups is 1. The second kappa shape index (κ2) is 5.93. The molecule has 6 heteroatoms. The Morgan fingerprint density at radius 2 is 2.17 bits per heavy atom. The van der Waals surface area contributed by atoms with E-state index in [0.717, 1.165) is 0 Å². The van der Waals surface area contributed by atoms with Gasteiger partial charge in [0.15, 0.2) is 17.6 Å². The van der Waals surface area contributed by atoms with Gasteiger partial charge in [0.25, 0.3) is 0 Å². The molecule has 0 fully saturated rings. The van der Waals surface area contributed by atoms with Crippen LogP contribution in [-0.4, -0.2) is 29.9 Å². The summed E-state index contributed by atoms with van der Waals surface area (Å²) in [7, 11) is 1.36. The highest BCUT2D eigenvalue weighted by atomic mass is 35.5. The number of hydrogen-bond donors (Lipinski definition) is 2. The molecular weight excluding hydrogens is 260 g/mol. The minimum absolute atomic E-state index is 0.105. The van der Waals surface area contributed by atoms with E-state index in [4.69, 9.17) is 16.3 Å². The highest BCUT2D eigenvalue weighted by Crippen LogP contribution is 2.41. The van der Waals surface area contributed by atoms with Crippen LogP contribution in [-0.2, 0) is 9.53 Å². The first-order valence-electron chi connectivity index (χ1n) is 5.34. The predicted octanol–water partition coefficient (Wildman–Crippen LogP) is 1.96. The largest absolute Gasteiger partial charge is 0.504 e. The molecule has 1 rings (SSSR count). The fraction of sp³-hybridized carbons (Fsp3) is 0.417. The molecule has 0 saturated heterocycles. The van der Waals surface area contributed by atoms with E-state index in [1.54, 1.807) is 13.8 Å². The molecule has 0 radical (unpaired) electrons. The maximum atomic E-state index is 11.5.